The Bertz CT molecular complexity index is 693. The van der Waals surface area contributed by atoms with Gasteiger partial charge in [0.05, 0.1) is 5.75 Å². The van der Waals surface area contributed by atoms with Crippen LogP contribution in [0.5, 0.6) is 11.5 Å². The molecule has 0 radical (unpaired) electrons. The van der Waals surface area contributed by atoms with Crippen molar-refractivity contribution in [2.24, 2.45) is 0 Å². The average molecular weight is 380 g/mol. The van der Waals surface area contributed by atoms with Crippen molar-refractivity contribution in [3.63, 3.8) is 0 Å². The summed E-state index contributed by atoms with van der Waals surface area (Å²) in [4.78, 5) is 13.0. The first-order chi connectivity index (χ1) is 10.7. The number of rotatable bonds is 5. The second kappa shape index (κ2) is 7.07. The molecular formula is C16H14BrNO3S. The summed E-state index contributed by atoms with van der Waals surface area (Å²) in [5.41, 5.74) is 0.989. The van der Waals surface area contributed by atoms with Crippen LogP contribution in [0, 0.1) is 0 Å². The Balaban J connectivity index is 1.49. The molecule has 22 heavy (non-hydrogen) atoms. The molecule has 6 heteroatoms. The molecule has 0 atom stereocenters. The normalized spacial score (nSPS) is 12.2. The maximum Gasteiger partial charge on any atom is 0.231 e. The molecule has 4 nitrogen and oxygen atoms in total. The third-order valence-electron chi connectivity index (χ3n) is 3.12. The molecule has 0 fully saturated rings. The highest BCUT2D eigenvalue weighted by Crippen LogP contribution is 2.32. The quantitative estimate of drug-likeness (QED) is 0.806. The van der Waals surface area contributed by atoms with Gasteiger partial charge in [0.1, 0.15) is 0 Å². The average Bonchev–Trinajstić information content (AvgIpc) is 2.99. The monoisotopic (exact) mass is 379 g/mol. The van der Waals surface area contributed by atoms with Crippen molar-refractivity contribution in [3.8, 4) is 11.5 Å². The molecule has 114 valence electrons. The number of ether oxygens (including phenoxy) is 2. The first-order valence-electron chi connectivity index (χ1n) is 6.75. The fourth-order valence-corrected chi connectivity index (χ4v) is 3.41. The molecule has 1 aliphatic rings. The smallest absolute Gasteiger partial charge is 0.231 e. The van der Waals surface area contributed by atoms with Gasteiger partial charge in [-0.2, -0.15) is 0 Å². The van der Waals surface area contributed by atoms with Gasteiger partial charge in [0, 0.05) is 15.9 Å². The summed E-state index contributed by atoms with van der Waals surface area (Å²) in [6.45, 7) is 0.736. The van der Waals surface area contributed by atoms with Crippen LogP contribution in [-0.4, -0.2) is 18.5 Å². The zero-order chi connectivity index (χ0) is 15.4. The van der Waals surface area contributed by atoms with E-state index in [4.69, 9.17) is 9.47 Å². The van der Waals surface area contributed by atoms with Gasteiger partial charge in [0.15, 0.2) is 11.5 Å². The molecule has 0 saturated heterocycles. The Morgan fingerprint density at radius 2 is 2.00 bits per heavy atom. The Hall–Kier alpha value is -1.66. The lowest BCUT2D eigenvalue weighted by Crippen LogP contribution is -2.24. The molecule has 0 saturated carbocycles. The molecule has 0 aromatic heterocycles. The predicted octanol–water partition coefficient (Wildman–Crippen LogP) is 3.59. The van der Waals surface area contributed by atoms with E-state index in [9.17, 15) is 4.79 Å². The second-order valence-corrected chi connectivity index (χ2v) is 6.55. The lowest BCUT2D eigenvalue weighted by molar-refractivity contribution is -0.118. The molecule has 1 aliphatic heterocycles. The Labute approximate surface area is 141 Å². The Morgan fingerprint density at radius 3 is 2.86 bits per heavy atom. The molecule has 3 rings (SSSR count). The van der Waals surface area contributed by atoms with Crippen LogP contribution in [0.2, 0.25) is 0 Å². The van der Waals surface area contributed by atoms with Crippen LogP contribution >= 0.6 is 27.7 Å². The zero-order valence-electron chi connectivity index (χ0n) is 11.7. The van der Waals surface area contributed by atoms with Crippen LogP contribution in [0.1, 0.15) is 5.56 Å². The summed E-state index contributed by atoms with van der Waals surface area (Å²) in [5, 5.41) is 2.91. The number of halogens is 1. The van der Waals surface area contributed by atoms with E-state index in [1.807, 2.05) is 42.5 Å². The van der Waals surface area contributed by atoms with E-state index < -0.39 is 0 Å². The SMILES string of the molecule is O=C(CSc1ccccc1Br)NCc1ccc2c(c1)OCO2. The van der Waals surface area contributed by atoms with Crippen LogP contribution in [-0.2, 0) is 11.3 Å². The minimum absolute atomic E-state index is 0.00146. The molecule has 0 unspecified atom stereocenters. The van der Waals surface area contributed by atoms with E-state index in [1.165, 1.54) is 11.8 Å². The van der Waals surface area contributed by atoms with Crippen molar-refractivity contribution in [3.05, 3.63) is 52.5 Å². The van der Waals surface area contributed by atoms with Crippen molar-refractivity contribution in [2.75, 3.05) is 12.5 Å². The van der Waals surface area contributed by atoms with Crippen molar-refractivity contribution >= 4 is 33.6 Å². The molecule has 0 spiro atoms. The summed E-state index contributed by atoms with van der Waals surface area (Å²) in [5.74, 6) is 1.86. The number of amides is 1. The standard InChI is InChI=1S/C16H14BrNO3S/c17-12-3-1-2-4-15(12)22-9-16(19)18-8-11-5-6-13-14(7-11)21-10-20-13/h1-7H,8-10H2,(H,18,19). The van der Waals surface area contributed by atoms with Gasteiger partial charge in [-0.15, -0.1) is 11.8 Å². The Morgan fingerprint density at radius 1 is 1.18 bits per heavy atom. The van der Waals surface area contributed by atoms with E-state index in [0.717, 1.165) is 26.4 Å². The predicted molar refractivity (Wildman–Crippen MR) is 89.3 cm³/mol. The largest absolute Gasteiger partial charge is 0.454 e. The summed E-state index contributed by atoms with van der Waals surface area (Å²) < 4.78 is 11.6. The number of hydrogen-bond donors (Lipinski definition) is 1. The summed E-state index contributed by atoms with van der Waals surface area (Å²) in [6.07, 6.45) is 0. The third kappa shape index (κ3) is 3.75. The molecular weight excluding hydrogens is 366 g/mol. The van der Waals surface area contributed by atoms with Crippen LogP contribution in [0.15, 0.2) is 51.8 Å². The topological polar surface area (TPSA) is 47.6 Å². The summed E-state index contributed by atoms with van der Waals surface area (Å²) in [7, 11) is 0. The Kier molecular flexibility index (Phi) is 4.90. The fraction of sp³-hybridized carbons (Fsp3) is 0.188. The lowest BCUT2D eigenvalue weighted by Gasteiger charge is -2.07. The van der Waals surface area contributed by atoms with E-state index in [1.54, 1.807) is 0 Å². The highest BCUT2D eigenvalue weighted by atomic mass is 79.9. The van der Waals surface area contributed by atoms with Gasteiger partial charge in [0.25, 0.3) is 0 Å². The second-order valence-electron chi connectivity index (χ2n) is 4.68. The molecule has 1 N–H and O–H groups in total. The van der Waals surface area contributed by atoms with Gasteiger partial charge in [0.2, 0.25) is 12.7 Å². The highest BCUT2D eigenvalue weighted by molar-refractivity contribution is 9.10. The minimum Gasteiger partial charge on any atom is -0.454 e. The number of hydrogen-bond acceptors (Lipinski definition) is 4. The molecule has 2 aromatic rings. The summed E-state index contributed by atoms with van der Waals surface area (Å²) in [6, 6.07) is 13.5. The number of benzene rings is 2. The maximum absolute atomic E-state index is 11.9. The van der Waals surface area contributed by atoms with Crippen molar-refractivity contribution < 1.29 is 14.3 Å². The highest BCUT2D eigenvalue weighted by Gasteiger charge is 2.13. The van der Waals surface area contributed by atoms with E-state index >= 15 is 0 Å². The maximum atomic E-state index is 11.9. The summed E-state index contributed by atoms with van der Waals surface area (Å²) >= 11 is 4.98. The van der Waals surface area contributed by atoms with Crippen LogP contribution in [0.4, 0.5) is 0 Å². The number of nitrogens with one attached hydrogen (secondary N) is 1. The molecule has 1 heterocycles. The zero-order valence-corrected chi connectivity index (χ0v) is 14.1. The first kappa shape index (κ1) is 15.2. The molecule has 1 amide bonds. The van der Waals surface area contributed by atoms with Gasteiger partial charge in [-0.1, -0.05) is 18.2 Å². The van der Waals surface area contributed by atoms with Crippen molar-refractivity contribution in [1.29, 1.82) is 0 Å². The van der Waals surface area contributed by atoms with E-state index in [0.29, 0.717) is 12.3 Å². The number of carbonyl (C=O) groups is 1. The van der Waals surface area contributed by atoms with E-state index in [-0.39, 0.29) is 12.7 Å². The van der Waals surface area contributed by atoms with Crippen molar-refractivity contribution in [2.45, 2.75) is 11.4 Å². The first-order valence-corrected chi connectivity index (χ1v) is 8.53. The van der Waals surface area contributed by atoms with Crippen molar-refractivity contribution in [1.82, 2.24) is 5.32 Å². The van der Waals surface area contributed by atoms with Crippen LogP contribution < -0.4 is 14.8 Å². The van der Waals surface area contributed by atoms with E-state index in [2.05, 4.69) is 21.2 Å². The van der Waals surface area contributed by atoms with Gasteiger partial charge in [-0.25, -0.2) is 0 Å². The molecule has 0 bridgehead atoms. The lowest BCUT2D eigenvalue weighted by atomic mass is 10.2. The number of fused-ring (bicyclic) bond motifs is 1. The van der Waals surface area contributed by atoms with Gasteiger partial charge < -0.3 is 14.8 Å². The van der Waals surface area contributed by atoms with Crippen LogP contribution in [0.25, 0.3) is 0 Å². The van der Waals surface area contributed by atoms with Gasteiger partial charge in [-0.05, 0) is 45.8 Å². The molecule has 0 aliphatic carbocycles. The van der Waals surface area contributed by atoms with Crippen LogP contribution in [0.3, 0.4) is 0 Å². The van der Waals surface area contributed by atoms with Gasteiger partial charge >= 0.3 is 0 Å². The fourth-order valence-electron chi connectivity index (χ4n) is 2.01. The minimum atomic E-state index is -0.00146. The third-order valence-corrected chi connectivity index (χ3v) is 5.15. The molecule has 2 aromatic carbocycles. The number of carbonyl (C=O) groups excluding carboxylic acids is 1. The van der Waals surface area contributed by atoms with Gasteiger partial charge in [-0.3, -0.25) is 4.79 Å². The number of thioether (sulfide) groups is 1.